The average molecular weight is 338 g/mol. The van der Waals surface area contributed by atoms with Crippen molar-refractivity contribution in [2.45, 2.75) is 32.1 Å². The van der Waals surface area contributed by atoms with Crippen molar-refractivity contribution in [3.05, 3.63) is 16.1 Å². The number of likely N-dealkylation sites (tertiary alicyclic amines) is 1. The number of ether oxygens (including phenoxy) is 1. The number of aryl methyl sites for hydroxylation is 1. The van der Waals surface area contributed by atoms with Crippen molar-refractivity contribution < 1.29 is 9.53 Å². The zero-order valence-corrected chi connectivity index (χ0v) is 14.9. The molecule has 2 bridgehead atoms. The van der Waals surface area contributed by atoms with Gasteiger partial charge in [-0.3, -0.25) is 9.69 Å². The smallest absolute Gasteiger partial charge is 0.225 e. The molecule has 0 spiro atoms. The summed E-state index contributed by atoms with van der Waals surface area (Å²) in [6.45, 7) is 6.17. The first-order valence-electron chi connectivity index (χ1n) is 8.22. The van der Waals surface area contributed by atoms with E-state index in [1.54, 1.807) is 11.3 Å². The van der Waals surface area contributed by atoms with Crippen LogP contribution < -0.4 is 5.32 Å². The SMILES string of the molecule is Cc1nc(CN2C[C@H]3C[C@H](C(=O)NCCN(C)C)[C@@H](C2)O3)cs1. The third kappa shape index (κ3) is 4.29. The largest absolute Gasteiger partial charge is 0.371 e. The number of carbonyl (C=O) groups excluding carboxylic acids is 1. The van der Waals surface area contributed by atoms with Gasteiger partial charge >= 0.3 is 0 Å². The Morgan fingerprint density at radius 2 is 2.35 bits per heavy atom. The molecule has 7 heteroatoms. The fraction of sp³-hybridized carbons (Fsp3) is 0.750. The van der Waals surface area contributed by atoms with Crippen LogP contribution in [-0.2, 0) is 16.1 Å². The van der Waals surface area contributed by atoms with Gasteiger partial charge in [-0.05, 0) is 27.4 Å². The zero-order valence-electron chi connectivity index (χ0n) is 14.1. The van der Waals surface area contributed by atoms with Crippen LogP contribution in [0.15, 0.2) is 5.38 Å². The Bertz CT molecular complexity index is 548. The van der Waals surface area contributed by atoms with Crippen LogP contribution in [-0.4, -0.2) is 73.2 Å². The van der Waals surface area contributed by atoms with E-state index >= 15 is 0 Å². The number of carbonyl (C=O) groups is 1. The maximum absolute atomic E-state index is 12.4. The lowest BCUT2D eigenvalue weighted by Gasteiger charge is -2.32. The van der Waals surface area contributed by atoms with Gasteiger partial charge in [0.25, 0.3) is 0 Å². The highest BCUT2D eigenvalue weighted by Gasteiger charge is 2.44. The zero-order chi connectivity index (χ0) is 16.4. The first-order valence-corrected chi connectivity index (χ1v) is 9.10. The number of thiazole rings is 1. The molecule has 0 unspecified atom stereocenters. The highest BCUT2D eigenvalue weighted by atomic mass is 32.1. The Kier molecular flexibility index (Phi) is 5.31. The summed E-state index contributed by atoms with van der Waals surface area (Å²) >= 11 is 1.69. The predicted octanol–water partition coefficient (Wildman–Crippen LogP) is 0.719. The van der Waals surface area contributed by atoms with Gasteiger partial charge in [-0.15, -0.1) is 11.3 Å². The van der Waals surface area contributed by atoms with Crippen LogP contribution in [0, 0.1) is 12.8 Å². The highest BCUT2D eigenvalue weighted by molar-refractivity contribution is 7.09. The topological polar surface area (TPSA) is 57.7 Å². The summed E-state index contributed by atoms with van der Waals surface area (Å²) in [4.78, 5) is 21.4. The van der Waals surface area contributed by atoms with Gasteiger partial charge in [-0.2, -0.15) is 0 Å². The van der Waals surface area contributed by atoms with Crippen molar-refractivity contribution in [3.8, 4) is 0 Å². The molecule has 128 valence electrons. The number of hydrogen-bond donors (Lipinski definition) is 1. The normalized spacial score (nSPS) is 27.6. The van der Waals surface area contributed by atoms with Gasteiger partial charge in [0.2, 0.25) is 5.91 Å². The summed E-state index contributed by atoms with van der Waals surface area (Å²) in [5.41, 5.74) is 1.13. The Balaban J connectivity index is 1.52. The monoisotopic (exact) mass is 338 g/mol. The number of aromatic nitrogens is 1. The lowest BCUT2D eigenvalue weighted by atomic mass is 9.99. The standard InChI is InChI=1S/C16H26N4O2S/c1-11-18-12(10-23-11)7-20-8-13-6-14(15(9-20)22-13)16(21)17-4-5-19(2)3/h10,13-15H,4-9H2,1-3H3,(H,17,21)/t13-,14+,15-/m1/s1. The van der Waals surface area contributed by atoms with Gasteiger partial charge in [-0.1, -0.05) is 0 Å². The second kappa shape index (κ2) is 7.25. The summed E-state index contributed by atoms with van der Waals surface area (Å²) in [5, 5.41) is 6.28. The van der Waals surface area contributed by atoms with Crippen molar-refractivity contribution in [3.63, 3.8) is 0 Å². The summed E-state index contributed by atoms with van der Waals surface area (Å²) in [5.74, 6) is 0.134. The Morgan fingerprint density at radius 1 is 1.52 bits per heavy atom. The number of rotatable bonds is 6. The summed E-state index contributed by atoms with van der Waals surface area (Å²) < 4.78 is 6.00. The molecule has 1 aromatic rings. The molecule has 2 fully saturated rings. The molecule has 2 saturated heterocycles. The van der Waals surface area contributed by atoms with Crippen molar-refractivity contribution in [1.82, 2.24) is 20.1 Å². The summed E-state index contributed by atoms with van der Waals surface area (Å²) in [6, 6.07) is 0. The molecule has 0 radical (unpaired) electrons. The van der Waals surface area contributed by atoms with Crippen LogP contribution in [0.5, 0.6) is 0 Å². The first-order chi connectivity index (χ1) is 11.0. The van der Waals surface area contributed by atoms with Crippen molar-refractivity contribution in [1.29, 1.82) is 0 Å². The van der Waals surface area contributed by atoms with Crippen LogP contribution in [0.1, 0.15) is 17.1 Å². The molecule has 1 N–H and O–H groups in total. The van der Waals surface area contributed by atoms with E-state index in [-0.39, 0.29) is 24.0 Å². The predicted molar refractivity (Wildman–Crippen MR) is 90.5 cm³/mol. The molecular formula is C16H26N4O2S. The van der Waals surface area contributed by atoms with E-state index in [0.717, 1.165) is 43.3 Å². The van der Waals surface area contributed by atoms with E-state index in [9.17, 15) is 4.79 Å². The lowest BCUT2D eigenvalue weighted by Crippen LogP contribution is -2.45. The number of fused-ring (bicyclic) bond motifs is 2. The van der Waals surface area contributed by atoms with Crippen LogP contribution in [0.4, 0.5) is 0 Å². The number of hydrogen-bond acceptors (Lipinski definition) is 6. The van der Waals surface area contributed by atoms with Gasteiger partial charge in [-0.25, -0.2) is 4.98 Å². The molecule has 2 aliphatic rings. The van der Waals surface area contributed by atoms with Crippen LogP contribution in [0.25, 0.3) is 0 Å². The van der Waals surface area contributed by atoms with Gasteiger partial charge in [0, 0.05) is 38.1 Å². The quantitative estimate of drug-likeness (QED) is 0.828. The summed E-state index contributed by atoms with van der Waals surface area (Å²) in [6.07, 6.45) is 1.04. The Morgan fingerprint density at radius 3 is 3.04 bits per heavy atom. The van der Waals surface area contributed by atoms with Crippen LogP contribution in [0.2, 0.25) is 0 Å². The maximum atomic E-state index is 12.4. The second-order valence-corrected chi connectivity index (χ2v) is 7.85. The molecule has 2 aliphatic heterocycles. The fourth-order valence-electron chi connectivity index (χ4n) is 3.39. The third-order valence-electron chi connectivity index (χ3n) is 4.48. The maximum Gasteiger partial charge on any atom is 0.225 e. The lowest BCUT2D eigenvalue weighted by molar-refractivity contribution is -0.128. The Hall–Kier alpha value is -1.02. The minimum absolute atomic E-state index is 0.00988. The highest BCUT2D eigenvalue weighted by Crippen LogP contribution is 2.32. The average Bonchev–Trinajstić information content (AvgIpc) is 3.01. The summed E-state index contributed by atoms with van der Waals surface area (Å²) in [7, 11) is 4.02. The van der Waals surface area contributed by atoms with E-state index in [1.807, 2.05) is 21.0 Å². The minimum atomic E-state index is -0.00988. The first kappa shape index (κ1) is 16.8. The van der Waals surface area contributed by atoms with Crippen LogP contribution in [0.3, 0.4) is 0 Å². The van der Waals surface area contributed by atoms with Crippen molar-refractivity contribution >= 4 is 17.2 Å². The number of nitrogens with one attached hydrogen (secondary N) is 1. The Labute approximate surface area is 141 Å². The third-order valence-corrected chi connectivity index (χ3v) is 5.30. The molecule has 23 heavy (non-hydrogen) atoms. The van der Waals surface area contributed by atoms with Crippen molar-refractivity contribution in [2.75, 3.05) is 40.3 Å². The minimum Gasteiger partial charge on any atom is -0.371 e. The van der Waals surface area contributed by atoms with Gasteiger partial charge < -0.3 is 15.0 Å². The molecule has 6 nitrogen and oxygen atoms in total. The molecule has 3 atom stereocenters. The molecule has 1 amide bonds. The molecule has 3 heterocycles. The number of likely N-dealkylation sites (N-methyl/N-ethyl adjacent to an activating group) is 1. The van der Waals surface area contributed by atoms with Gasteiger partial charge in [0.05, 0.1) is 28.8 Å². The second-order valence-electron chi connectivity index (χ2n) is 6.78. The van der Waals surface area contributed by atoms with Gasteiger partial charge in [0.15, 0.2) is 0 Å². The van der Waals surface area contributed by atoms with E-state index in [0.29, 0.717) is 6.54 Å². The molecule has 0 saturated carbocycles. The van der Waals surface area contributed by atoms with Crippen molar-refractivity contribution in [2.24, 2.45) is 5.92 Å². The van der Waals surface area contributed by atoms with Gasteiger partial charge in [0.1, 0.15) is 0 Å². The molecular weight excluding hydrogens is 312 g/mol. The van der Waals surface area contributed by atoms with E-state index in [4.69, 9.17) is 4.74 Å². The van der Waals surface area contributed by atoms with E-state index in [1.165, 1.54) is 0 Å². The molecule has 0 aromatic carbocycles. The van der Waals surface area contributed by atoms with E-state index < -0.39 is 0 Å². The number of amides is 1. The van der Waals surface area contributed by atoms with Crippen LogP contribution >= 0.6 is 11.3 Å². The van der Waals surface area contributed by atoms with E-state index in [2.05, 4.69) is 25.5 Å². The molecule has 0 aliphatic carbocycles. The molecule has 3 rings (SSSR count). The molecule has 1 aromatic heterocycles. The number of nitrogens with zero attached hydrogens (tertiary/aromatic N) is 3. The number of morpholine rings is 1. The fourth-order valence-corrected chi connectivity index (χ4v) is 3.99.